The number of sulfonamides is 1. The molecule has 3 N–H and O–H groups in total. The molecule has 0 fully saturated rings. The first-order valence-corrected chi connectivity index (χ1v) is 9.14. The molecular weight excluding hydrogens is 400 g/mol. The molecular formula is C14H15ClN6O5S. The molecule has 0 aliphatic rings. The van der Waals surface area contributed by atoms with Crippen LogP contribution in [0.4, 0.5) is 16.4 Å². The number of methoxy groups -OCH3 is 1. The Bertz CT molecular complexity index is 997. The lowest BCUT2D eigenvalue weighted by molar-refractivity contribution is -0.114. The first-order valence-electron chi connectivity index (χ1n) is 7.28. The minimum Gasteiger partial charge on any atom is -0.467 e. The van der Waals surface area contributed by atoms with E-state index in [0.717, 1.165) is 6.07 Å². The molecule has 13 heteroatoms. The predicted octanol–water partition coefficient (Wildman–Crippen LogP) is 1.31. The van der Waals surface area contributed by atoms with Crippen LogP contribution in [0.25, 0.3) is 0 Å². The monoisotopic (exact) mass is 414 g/mol. The van der Waals surface area contributed by atoms with E-state index in [1.165, 1.54) is 33.1 Å². The minimum atomic E-state index is -4.34. The van der Waals surface area contributed by atoms with Crippen molar-refractivity contribution >= 4 is 45.2 Å². The first kappa shape index (κ1) is 20.3. The molecule has 11 nitrogen and oxygen atoms in total. The third kappa shape index (κ3) is 5.49. The fraction of sp³-hybridized carbons (Fsp3) is 0.214. The van der Waals surface area contributed by atoms with E-state index in [2.05, 4.69) is 25.6 Å². The van der Waals surface area contributed by atoms with E-state index in [1.807, 2.05) is 0 Å². The van der Waals surface area contributed by atoms with Crippen molar-refractivity contribution in [3.8, 4) is 6.01 Å². The Hall–Kier alpha value is -2.99. The molecule has 0 atom stereocenters. The molecule has 0 saturated carbocycles. The summed E-state index contributed by atoms with van der Waals surface area (Å²) in [5.41, 5.74) is 0.200. The number of aryl methyl sites for hydroxylation is 1. The molecule has 27 heavy (non-hydrogen) atoms. The van der Waals surface area contributed by atoms with Crippen molar-refractivity contribution in [3.63, 3.8) is 0 Å². The van der Waals surface area contributed by atoms with Crippen LogP contribution in [0.2, 0.25) is 5.02 Å². The molecule has 1 aromatic heterocycles. The second kappa shape index (κ2) is 8.14. The highest BCUT2D eigenvalue weighted by Gasteiger charge is 2.22. The van der Waals surface area contributed by atoms with Crippen molar-refractivity contribution in [1.82, 2.24) is 19.7 Å². The molecule has 0 aliphatic carbocycles. The van der Waals surface area contributed by atoms with Gasteiger partial charge in [0.1, 0.15) is 10.7 Å². The van der Waals surface area contributed by atoms with Gasteiger partial charge in [-0.2, -0.15) is 15.0 Å². The van der Waals surface area contributed by atoms with Gasteiger partial charge in [0.25, 0.3) is 10.0 Å². The van der Waals surface area contributed by atoms with Gasteiger partial charge in [0.05, 0.1) is 12.1 Å². The number of nitrogens with one attached hydrogen (secondary N) is 3. The molecule has 0 saturated heterocycles. The summed E-state index contributed by atoms with van der Waals surface area (Å²) in [6.45, 7) is 2.80. The molecule has 0 aliphatic heterocycles. The van der Waals surface area contributed by atoms with E-state index in [1.54, 1.807) is 4.72 Å². The maximum Gasteiger partial charge on any atom is 0.335 e. The second-order valence-corrected chi connectivity index (χ2v) is 7.14. The number of rotatable bonds is 5. The smallest absolute Gasteiger partial charge is 0.335 e. The second-order valence-electron chi connectivity index (χ2n) is 5.08. The predicted molar refractivity (Wildman–Crippen MR) is 96.2 cm³/mol. The fourth-order valence-corrected chi connectivity index (χ4v) is 3.33. The molecule has 2 rings (SSSR count). The Morgan fingerprint density at radius 2 is 1.85 bits per heavy atom. The van der Waals surface area contributed by atoms with Crippen LogP contribution in [0.1, 0.15) is 12.7 Å². The SMILES string of the molecule is COc1nc(C)nc(NC(=O)NS(=O)(=O)c2cc(NC(C)=O)ccc2Cl)n1. The highest BCUT2D eigenvalue weighted by Crippen LogP contribution is 2.25. The quantitative estimate of drug-likeness (QED) is 0.662. The van der Waals surface area contributed by atoms with Gasteiger partial charge in [-0.1, -0.05) is 11.6 Å². The van der Waals surface area contributed by atoms with E-state index >= 15 is 0 Å². The van der Waals surface area contributed by atoms with Crippen molar-refractivity contribution in [1.29, 1.82) is 0 Å². The molecule has 0 spiro atoms. The van der Waals surface area contributed by atoms with Crippen molar-refractivity contribution in [3.05, 3.63) is 29.0 Å². The lowest BCUT2D eigenvalue weighted by Gasteiger charge is -2.11. The van der Waals surface area contributed by atoms with Crippen molar-refractivity contribution in [2.75, 3.05) is 17.7 Å². The van der Waals surface area contributed by atoms with Gasteiger partial charge in [0.2, 0.25) is 11.9 Å². The maximum absolute atomic E-state index is 12.4. The van der Waals surface area contributed by atoms with Gasteiger partial charge >= 0.3 is 12.0 Å². The number of hydrogen-bond acceptors (Lipinski definition) is 8. The third-order valence-electron chi connectivity index (χ3n) is 2.90. The maximum atomic E-state index is 12.4. The summed E-state index contributed by atoms with van der Waals surface area (Å²) in [6.07, 6.45) is 0. The molecule has 0 unspecified atom stereocenters. The van der Waals surface area contributed by atoms with Crippen LogP contribution < -0.4 is 20.1 Å². The number of halogens is 1. The van der Waals surface area contributed by atoms with Crippen LogP contribution in [-0.4, -0.2) is 42.4 Å². The number of aromatic nitrogens is 3. The Kier molecular flexibility index (Phi) is 6.13. The van der Waals surface area contributed by atoms with Gasteiger partial charge in [0.15, 0.2) is 0 Å². The van der Waals surface area contributed by atoms with Gasteiger partial charge in [-0.05, 0) is 25.1 Å². The lowest BCUT2D eigenvalue weighted by Crippen LogP contribution is -2.35. The summed E-state index contributed by atoms with van der Waals surface area (Å²) in [4.78, 5) is 34.2. The van der Waals surface area contributed by atoms with Gasteiger partial charge < -0.3 is 10.1 Å². The van der Waals surface area contributed by atoms with Crippen LogP contribution in [0.5, 0.6) is 6.01 Å². The molecule has 1 aromatic carbocycles. The summed E-state index contributed by atoms with van der Waals surface area (Å²) in [6, 6.07) is 2.65. The van der Waals surface area contributed by atoms with E-state index in [4.69, 9.17) is 16.3 Å². The number of benzene rings is 1. The Balaban J connectivity index is 2.22. The fourth-order valence-electron chi connectivity index (χ4n) is 1.90. The van der Waals surface area contributed by atoms with E-state index < -0.39 is 26.9 Å². The van der Waals surface area contributed by atoms with Crippen LogP contribution >= 0.6 is 11.6 Å². The number of nitrogens with zero attached hydrogens (tertiary/aromatic N) is 3. The van der Waals surface area contributed by atoms with E-state index in [0.29, 0.717) is 0 Å². The number of carbonyl (C=O) groups excluding carboxylic acids is 2. The Labute approximate surface area is 159 Å². The Morgan fingerprint density at radius 1 is 1.15 bits per heavy atom. The normalized spacial score (nSPS) is 10.8. The largest absolute Gasteiger partial charge is 0.467 e. The van der Waals surface area contributed by atoms with Crippen LogP contribution in [0.15, 0.2) is 23.1 Å². The van der Waals surface area contributed by atoms with Crippen LogP contribution in [0.3, 0.4) is 0 Å². The minimum absolute atomic E-state index is 0.0493. The van der Waals surface area contributed by atoms with Gasteiger partial charge in [-0.3, -0.25) is 10.1 Å². The van der Waals surface area contributed by atoms with E-state index in [-0.39, 0.29) is 28.5 Å². The molecule has 2 aromatic rings. The molecule has 3 amide bonds. The Morgan fingerprint density at radius 3 is 2.48 bits per heavy atom. The summed E-state index contributed by atoms with van der Waals surface area (Å²) in [5, 5.41) is 4.45. The number of amides is 3. The number of carbonyl (C=O) groups is 2. The van der Waals surface area contributed by atoms with Gasteiger partial charge in [0, 0.05) is 12.6 Å². The lowest BCUT2D eigenvalue weighted by atomic mass is 10.3. The number of ether oxygens (including phenoxy) is 1. The average Bonchev–Trinajstić information content (AvgIpc) is 2.54. The zero-order chi connectivity index (χ0) is 20.2. The molecule has 0 bridgehead atoms. The summed E-state index contributed by atoms with van der Waals surface area (Å²) in [5.74, 6) is -0.346. The van der Waals surface area contributed by atoms with Gasteiger partial charge in [-0.25, -0.2) is 17.9 Å². The first-order chi connectivity index (χ1) is 12.6. The molecule has 0 radical (unpaired) electrons. The van der Waals surface area contributed by atoms with Crippen LogP contribution in [0, 0.1) is 6.92 Å². The highest BCUT2D eigenvalue weighted by molar-refractivity contribution is 7.90. The zero-order valence-corrected chi connectivity index (χ0v) is 16.0. The topological polar surface area (TPSA) is 152 Å². The van der Waals surface area contributed by atoms with E-state index in [9.17, 15) is 18.0 Å². The summed E-state index contributed by atoms with van der Waals surface area (Å²) in [7, 11) is -3.02. The summed E-state index contributed by atoms with van der Waals surface area (Å²) < 4.78 is 31.5. The van der Waals surface area contributed by atoms with Crippen molar-refractivity contribution in [2.24, 2.45) is 0 Å². The number of hydrogen-bond donors (Lipinski definition) is 3. The molecule has 1 heterocycles. The highest BCUT2D eigenvalue weighted by atomic mass is 35.5. The molecule has 144 valence electrons. The average molecular weight is 415 g/mol. The summed E-state index contributed by atoms with van der Waals surface area (Å²) >= 11 is 5.91. The zero-order valence-electron chi connectivity index (χ0n) is 14.4. The number of urea groups is 1. The van der Waals surface area contributed by atoms with Crippen LogP contribution in [-0.2, 0) is 14.8 Å². The standard InChI is InChI=1S/C14H15ClN6O5S/c1-7-16-12(20-14(17-7)26-3)19-13(23)21-27(24,25)11-6-9(18-8(2)22)4-5-10(11)15/h4-6H,1-3H3,(H,18,22)(H2,16,17,19,20,21,23). The number of anilines is 2. The van der Waals surface area contributed by atoms with Gasteiger partial charge in [-0.15, -0.1) is 0 Å². The van der Waals surface area contributed by atoms with Crippen molar-refractivity contribution in [2.45, 2.75) is 18.7 Å². The third-order valence-corrected chi connectivity index (χ3v) is 4.72. The van der Waals surface area contributed by atoms with Crippen molar-refractivity contribution < 1.29 is 22.7 Å².